The highest BCUT2D eigenvalue weighted by Gasteiger charge is 2.22. The van der Waals surface area contributed by atoms with Gasteiger partial charge in [-0.1, -0.05) is 0 Å². The van der Waals surface area contributed by atoms with E-state index in [0.29, 0.717) is 0 Å². The summed E-state index contributed by atoms with van der Waals surface area (Å²) < 4.78 is 9.53. The molecule has 3 rings (SSSR count). The maximum atomic E-state index is 11.5. The SMILES string of the molecule is O=C1OCCOC(=O)c2ccc1cc2C(=O)O. The Labute approximate surface area is 95.8 Å². The Morgan fingerprint density at radius 2 is 1.76 bits per heavy atom. The van der Waals surface area contributed by atoms with Crippen molar-refractivity contribution in [2.24, 2.45) is 0 Å². The van der Waals surface area contributed by atoms with E-state index in [0.717, 1.165) is 6.07 Å². The molecule has 0 fully saturated rings. The summed E-state index contributed by atoms with van der Waals surface area (Å²) in [6, 6.07) is 3.68. The smallest absolute Gasteiger partial charge is 0.339 e. The minimum absolute atomic E-state index is 0.0502. The van der Waals surface area contributed by atoms with Crippen molar-refractivity contribution in [3.8, 4) is 0 Å². The average molecular weight is 236 g/mol. The summed E-state index contributed by atoms with van der Waals surface area (Å²) >= 11 is 0. The Morgan fingerprint density at radius 1 is 1.12 bits per heavy atom. The first kappa shape index (κ1) is 11.1. The standard InChI is InChI=1S/C11H8O6/c12-9(13)8-5-6-1-2-7(8)11(15)17-4-3-16-10(6)14/h1-2,5H,3-4H2,(H,12,13). The fraction of sp³-hybridized carbons (Fsp3) is 0.182. The molecule has 0 unspecified atom stereocenters. The number of carboxylic acids is 1. The first-order valence-electron chi connectivity index (χ1n) is 4.81. The van der Waals surface area contributed by atoms with Gasteiger partial charge in [0, 0.05) is 0 Å². The van der Waals surface area contributed by atoms with Crippen molar-refractivity contribution in [1.29, 1.82) is 0 Å². The average Bonchev–Trinajstić information content (AvgIpc) is 2.32. The van der Waals surface area contributed by atoms with Gasteiger partial charge in [-0.25, -0.2) is 14.4 Å². The zero-order chi connectivity index (χ0) is 12.4. The minimum atomic E-state index is -1.30. The maximum Gasteiger partial charge on any atom is 0.339 e. The molecular formula is C11H8O6. The van der Waals surface area contributed by atoms with Gasteiger partial charge in [0.2, 0.25) is 0 Å². The van der Waals surface area contributed by atoms with Crippen LogP contribution >= 0.6 is 0 Å². The molecule has 1 aromatic carbocycles. The van der Waals surface area contributed by atoms with E-state index in [1.807, 2.05) is 0 Å². The molecular weight excluding hydrogens is 228 g/mol. The lowest BCUT2D eigenvalue weighted by molar-refractivity contribution is 0.0257. The highest BCUT2D eigenvalue weighted by atomic mass is 16.6. The molecule has 17 heavy (non-hydrogen) atoms. The maximum absolute atomic E-state index is 11.5. The Morgan fingerprint density at radius 3 is 2.41 bits per heavy atom. The number of carboxylic acid groups (broad SMARTS) is 1. The molecule has 0 saturated heterocycles. The summed E-state index contributed by atoms with van der Waals surface area (Å²) in [5.74, 6) is -2.68. The number of rotatable bonds is 1. The van der Waals surface area contributed by atoms with Crippen LogP contribution in [0.3, 0.4) is 0 Å². The number of aromatic carboxylic acids is 1. The fourth-order valence-electron chi connectivity index (χ4n) is 1.46. The van der Waals surface area contributed by atoms with Crippen molar-refractivity contribution >= 4 is 17.9 Å². The Kier molecular flexibility index (Phi) is 2.78. The third kappa shape index (κ3) is 2.10. The largest absolute Gasteiger partial charge is 0.478 e. The second-order valence-electron chi connectivity index (χ2n) is 3.34. The van der Waals surface area contributed by atoms with Crippen LogP contribution in [-0.2, 0) is 9.47 Å². The van der Waals surface area contributed by atoms with Gasteiger partial charge in [0.25, 0.3) is 0 Å². The van der Waals surface area contributed by atoms with Crippen LogP contribution in [0, 0.1) is 0 Å². The third-order valence-electron chi connectivity index (χ3n) is 2.26. The molecule has 0 spiro atoms. The van der Waals surface area contributed by atoms with Gasteiger partial charge in [0.05, 0.1) is 16.7 Å². The molecule has 0 saturated carbocycles. The second kappa shape index (κ2) is 4.25. The summed E-state index contributed by atoms with van der Waals surface area (Å²) in [5.41, 5.74) is -0.247. The molecule has 6 nitrogen and oxygen atoms in total. The Hall–Kier alpha value is -2.37. The highest BCUT2D eigenvalue weighted by Crippen LogP contribution is 2.16. The molecule has 0 aromatic heterocycles. The molecule has 2 aliphatic rings. The van der Waals surface area contributed by atoms with E-state index in [4.69, 9.17) is 14.6 Å². The normalized spacial score (nSPS) is 15.1. The minimum Gasteiger partial charge on any atom is -0.478 e. The number of carbonyl (C=O) groups excluding carboxylic acids is 2. The van der Waals surface area contributed by atoms with Crippen LogP contribution in [0.2, 0.25) is 0 Å². The van der Waals surface area contributed by atoms with Crippen molar-refractivity contribution in [3.63, 3.8) is 0 Å². The number of fused-ring (bicyclic) bond motifs is 7. The summed E-state index contributed by atoms with van der Waals surface area (Å²) in [6.45, 7) is -0.145. The number of hydrogen-bond acceptors (Lipinski definition) is 5. The van der Waals surface area contributed by atoms with Crippen LogP contribution < -0.4 is 0 Å². The summed E-state index contributed by atoms with van der Waals surface area (Å²) in [5, 5.41) is 8.95. The van der Waals surface area contributed by atoms with Gasteiger partial charge in [0.1, 0.15) is 13.2 Å². The summed E-state index contributed by atoms with van der Waals surface area (Å²) in [4.78, 5) is 33.9. The second-order valence-corrected chi connectivity index (χ2v) is 3.34. The van der Waals surface area contributed by atoms with Crippen LogP contribution in [0.1, 0.15) is 31.1 Å². The fourth-order valence-corrected chi connectivity index (χ4v) is 1.46. The van der Waals surface area contributed by atoms with Crippen molar-refractivity contribution in [3.05, 3.63) is 34.9 Å². The molecule has 1 aromatic rings. The van der Waals surface area contributed by atoms with E-state index in [9.17, 15) is 14.4 Å². The third-order valence-corrected chi connectivity index (χ3v) is 2.26. The van der Waals surface area contributed by atoms with Gasteiger partial charge in [-0.05, 0) is 18.2 Å². The number of benzene rings is 1. The summed E-state index contributed by atoms with van der Waals surface area (Å²) in [7, 11) is 0. The molecule has 0 amide bonds. The quantitative estimate of drug-likeness (QED) is 0.722. The van der Waals surface area contributed by atoms with E-state index in [-0.39, 0.29) is 29.9 Å². The topological polar surface area (TPSA) is 89.9 Å². The molecule has 1 N–H and O–H groups in total. The first-order valence-corrected chi connectivity index (χ1v) is 4.81. The number of carbonyl (C=O) groups is 3. The van der Waals surface area contributed by atoms with Crippen LogP contribution in [0.5, 0.6) is 0 Å². The van der Waals surface area contributed by atoms with Crippen molar-refractivity contribution in [2.45, 2.75) is 0 Å². The van der Waals surface area contributed by atoms with Crippen molar-refractivity contribution < 1.29 is 29.0 Å². The van der Waals surface area contributed by atoms with E-state index >= 15 is 0 Å². The van der Waals surface area contributed by atoms with Gasteiger partial charge in [0.15, 0.2) is 0 Å². The van der Waals surface area contributed by atoms with Crippen LogP contribution in [-0.4, -0.2) is 36.2 Å². The Balaban J connectivity index is 2.58. The zero-order valence-corrected chi connectivity index (χ0v) is 8.63. The number of ether oxygens (including phenoxy) is 2. The summed E-state index contributed by atoms with van der Waals surface area (Å²) in [6.07, 6.45) is 0. The van der Waals surface area contributed by atoms with E-state index in [1.54, 1.807) is 0 Å². The van der Waals surface area contributed by atoms with E-state index in [2.05, 4.69) is 0 Å². The number of hydrogen-bond donors (Lipinski definition) is 1. The van der Waals surface area contributed by atoms with Crippen LogP contribution in [0.25, 0.3) is 0 Å². The first-order chi connectivity index (χ1) is 8.09. The molecule has 2 heterocycles. The predicted octanol–water partition coefficient (Wildman–Crippen LogP) is 0.712. The molecule has 6 heteroatoms. The van der Waals surface area contributed by atoms with Crippen molar-refractivity contribution in [1.82, 2.24) is 0 Å². The Bertz CT molecular complexity index is 505. The van der Waals surface area contributed by atoms with E-state index < -0.39 is 17.9 Å². The lowest BCUT2D eigenvalue weighted by Crippen LogP contribution is -2.19. The molecule has 0 aliphatic carbocycles. The molecule has 2 aliphatic heterocycles. The molecule has 2 bridgehead atoms. The van der Waals surface area contributed by atoms with Crippen LogP contribution in [0.15, 0.2) is 18.2 Å². The number of esters is 2. The van der Waals surface area contributed by atoms with E-state index in [1.165, 1.54) is 12.1 Å². The highest BCUT2D eigenvalue weighted by molar-refractivity contribution is 6.04. The molecule has 0 atom stereocenters. The lowest BCUT2D eigenvalue weighted by atomic mass is 10.0. The lowest BCUT2D eigenvalue weighted by Gasteiger charge is -2.12. The zero-order valence-electron chi connectivity index (χ0n) is 8.63. The predicted molar refractivity (Wildman–Crippen MR) is 54.0 cm³/mol. The van der Waals surface area contributed by atoms with Gasteiger partial charge >= 0.3 is 17.9 Å². The van der Waals surface area contributed by atoms with Crippen LogP contribution in [0.4, 0.5) is 0 Å². The van der Waals surface area contributed by atoms with Crippen molar-refractivity contribution in [2.75, 3.05) is 13.2 Å². The van der Waals surface area contributed by atoms with Gasteiger partial charge < -0.3 is 14.6 Å². The van der Waals surface area contributed by atoms with Gasteiger partial charge in [-0.2, -0.15) is 0 Å². The monoisotopic (exact) mass is 236 g/mol. The van der Waals surface area contributed by atoms with Gasteiger partial charge in [-0.3, -0.25) is 0 Å². The molecule has 88 valence electrons. The van der Waals surface area contributed by atoms with Gasteiger partial charge in [-0.15, -0.1) is 0 Å². The molecule has 0 radical (unpaired) electrons.